The van der Waals surface area contributed by atoms with Crippen LogP contribution >= 0.6 is 11.3 Å². The molecular weight excluding hydrogens is 284 g/mol. The van der Waals surface area contributed by atoms with Crippen molar-refractivity contribution in [1.29, 1.82) is 0 Å². The second-order valence-corrected chi connectivity index (χ2v) is 6.78. The molecule has 3 rings (SSSR count). The monoisotopic (exact) mass is 306 g/mol. The highest BCUT2D eigenvalue weighted by atomic mass is 32.1. The van der Waals surface area contributed by atoms with Crippen LogP contribution in [0.4, 0.5) is 5.13 Å². The molecule has 1 aliphatic rings. The molecule has 1 aliphatic carbocycles. The summed E-state index contributed by atoms with van der Waals surface area (Å²) in [5.74, 6) is 0.818. The first-order valence-corrected chi connectivity index (χ1v) is 8.67. The van der Waals surface area contributed by atoms with Gasteiger partial charge < -0.3 is 5.32 Å². The normalized spacial score (nSPS) is 22.6. The molecule has 0 aromatic carbocycles. The predicted molar refractivity (Wildman–Crippen MR) is 86.2 cm³/mol. The van der Waals surface area contributed by atoms with Crippen molar-refractivity contribution < 1.29 is 0 Å². The van der Waals surface area contributed by atoms with Crippen LogP contribution < -0.4 is 10.9 Å². The SMILES string of the molecule is CCc1cc(=O)n2nc(NC3CCCC(CC)C3)sc2n1. The maximum atomic E-state index is 12.0. The van der Waals surface area contributed by atoms with E-state index in [2.05, 4.69) is 22.3 Å². The lowest BCUT2D eigenvalue weighted by Crippen LogP contribution is -2.27. The van der Waals surface area contributed by atoms with E-state index in [9.17, 15) is 4.79 Å². The molecular formula is C15H22N4OS. The Morgan fingerprint density at radius 2 is 2.29 bits per heavy atom. The molecule has 6 heteroatoms. The number of anilines is 1. The van der Waals surface area contributed by atoms with Crippen LogP contribution in [0.3, 0.4) is 0 Å². The first-order chi connectivity index (χ1) is 10.2. The number of hydrogen-bond donors (Lipinski definition) is 1. The van der Waals surface area contributed by atoms with E-state index in [1.807, 2.05) is 6.92 Å². The smallest absolute Gasteiger partial charge is 0.275 e. The zero-order valence-electron chi connectivity index (χ0n) is 12.6. The number of nitrogens with one attached hydrogen (secondary N) is 1. The highest BCUT2D eigenvalue weighted by Crippen LogP contribution is 2.29. The zero-order chi connectivity index (χ0) is 14.8. The molecule has 2 unspecified atom stereocenters. The van der Waals surface area contributed by atoms with Crippen LogP contribution in [0.2, 0.25) is 0 Å². The van der Waals surface area contributed by atoms with Crippen LogP contribution in [0.25, 0.3) is 4.96 Å². The van der Waals surface area contributed by atoms with Gasteiger partial charge in [0.25, 0.3) is 5.56 Å². The van der Waals surface area contributed by atoms with E-state index in [1.54, 1.807) is 6.07 Å². The largest absolute Gasteiger partial charge is 0.357 e. The average Bonchev–Trinajstić information content (AvgIpc) is 2.90. The van der Waals surface area contributed by atoms with Gasteiger partial charge in [0, 0.05) is 17.8 Å². The second-order valence-electron chi connectivity index (χ2n) is 5.82. The van der Waals surface area contributed by atoms with Crippen LogP contribution in [0, 0.1) is 5.92 Å². The number of aryl methyl sites for hydroxylation is 1. The number of nitrogens with zero attached hydrogens (tertiary/aromatic N) is 3. The number of rotatable bonds is 4. The Bertz CT molecular complexity index is 678. The molecule has 0 aliphatic heterocycles. The van der Waals surface area contributed by atoms with Crippen molar-refractivity contribution >= 4 is 21.4 Å². The molecule has 2 atom stereocenters. The molecule has 1 saturated carbocycles. The summed E-state index contributed by atoms with van der Waals surface area (Å²) in [6.07, 6.45) is 7.03. The Hall–Kier alpha value is -1.43. The van der Waals surface area contributed by atoms with Crippen molar-refractivity contribution in [3.63, 3.8) is 0 Å². The van der Waals surface area contributed by atoms with Gasteiger partial charge in [0.05, 0.1) is 0 Å². The molecule has 0 radical (unpaired) electrons. The Labute approximate surface area is 128 Å². The van der Waals surface area contributed by atoms with Crippen molar-refractivity contribution in [2.45, 2.75) is 58.4 Å². The third-order valence-corrected chi connectivity index (χ3v) is 5.19. The Balaban J connectivity index is 1.81. The van der Waals surface area contributed by atoms with Crippen molar-refractivity contribution in [3.05, 3.63) is 22.1 Å². The third-order valence-electron chi connectivity index (χ3n) is 4.35. The fraction of sp³-hybridized carbons (Fsp3) is 0.667. The van der Waals surface area contributed by atoms with E-state index < -0.39 is 0 Å². The Kier molecular flexibility index (Phi) is 4.24. The lowest BCUT2D eigenvalue weighted by molar-refractivity contribution is 0.327. The second kappa shape index (κ2) is 6.13. The molecule has 2 heterocycles. The highest BCUT2D eigenvalue weighted by Gasteiger charge is 2.21. The highest BCUT2D eigenvalue weighted by molar-refractivity contribution is 7.20. The maximum absolute atomic E-state index is 12.0. The molecule has 0 spiro atoms. The summed E-state index contributed by atoms with van der Waals surface area (Å²) in [7, 11) is 0. The van der Waals surface area contributed by atoms with Crippen LogP contribution in [0.1, 0.15) is 51.6 Å². The van der Waals surface area contributed by atoms with Crippen LogP contribution in [0.15, 0.2) is 10.9 Å². The van der Waals surface area contributed by atoms with E-state index in [4.69, 9.17) is 0 Å². The summed E-state index contributed by atoms with van der Waals surface area (Å²) in [4.78, 5) is 17.2. The Morgan fingerprint density at radius 3 is 3.05 bits per heavy atom. The third kappa shape index (κ3) is 3.10. The lowest BCUT2D eigenvalue weighted by Gasteiger charge is -2.28. The van der Waals surface area contributed by atoms with Crippen LogP contribution in [-0.2, 0) is 6.42 Å². The van der Waals surface area contributed by atoms with E-state index in [0.29, 0.717) is 11.0 Å². The molecule has 0 bridgehead atoms. The summed E-state index contributed by atoms with van der Waals surface area (Å²) in [6.45, 7) is 4.27. The molecule has 5 nitrogen and oxygen atoms in total. The van der Waals surface area contributed by atoms with Crippen molar-refractivity contribution in [1.82, 2.24) is 14.6 Å². The summed E-state index contributed by atoms with van der Waals surface area (Å²) in [5, 5.41) is 8.70. The van der Waals surface area contributed by atoms with Gasteiger partial charge in [0.1, 0.15) is 0 Å². The standard InChI is InChI=1S/C15H22N4OS/c1-3-10-6-5-7-12(8-10)16-14-18-19-13(20)9-11(4-2)17-15(19)21-14/h9-10,12H,3-8H2,1-2H3,(H,16,18). The summed E-state index contributed by atoms with van der Waals surface area (Å²) in [5.41, 5.74) is 0.746. The quantitative estimate of drug-likeness (QED) is 0.943. The Morgan fingerprint density at radius 1 is 1.43 bits per heavy atom. The van der Waals surface area contributed by atoms with Gasteiger partial charge in [-0.05, 0) is 25.2 Å². The summed E-state index contributed by atoms with van der Waals surface area (Å²) >= 11 is 1.47. The van der Waals surface area contributed by atoms with Crippen LogP contribution in [0.5, 0.6) is 0 Å². The fourth-order valence-corrected chi connectivity index (χ4v) is 3.96. The van der Waals surface area contributed by atoms with E-state index in [0.717, 1.165) is 23.2 Å². The van der Waals surface area contributed by atoms with Gasteiger partial charge in [-0.1, -0.05) is 44.4 Å². The zero-order valence-corrected chi connectivity index (χ0v) is 13.4. The van der Waals surface area contributed by atoms with Crippen molar-refractivity contribution in [3.8, 4) is 0 Å². The van der Waals surface area contributed by atoms with Gasteiger partial charge in [-0.2, -0.15) is 4.52 Å². The molecule has 2 aromatic rings. The fourth-order valence-electron chi connectivity index (χ4n) is 3.06. The molecule has 2 aromatic heterocycles. The topological polar surface area (TPSA) is 59.3 Å². The number of fused-ring (bicyclic) bond motifs is 1. The van der Waals surface area contributed by atoms with Gasteiger partial charge >= 0.3 is 0 Å². The summed E-state index contributed by atoms with van der Waals surface area (Å²) in [6, 6.07) is 2.05. The van der Waals surface area contributed by atoms with Gasteiger partial charge in [-0.25, -0.2) is 4.98 Å². The number of hydrogen-bond acceptors (Lipinski definition) is 5. The minimum atomic E-state index is -0.0868. The number of aromatic nitrogens is 3. The molecule has 0 amide bonds. The van der Waals surface area contributed by atoms with Crippen molar-refractivity contribution in [2.75, 3.05) is 5.32 Å². The van der Waals surface area contributed by atoms with Crippen molar-refractivity contribution in [2.24, 2.45) is 5.92 Å². The van der Waals surface area contributed by atoms with E-state index in [1.165, 1.54) is 48.0 Å². The average molecular weight is 306 g/mol. The van der Waals surface area contributed by atoms with Gasteiger partial charge in [-0.3, -0.25) is 4.79 Å². The minimum absolute atomic E-state index is 0.0868. The van der Waals surface area contributed by atoms with E-state index >= 15 is 0 Å². The molecule has 1 fully saturated rings. The van der Waals surface area contributed by atoms with Gasteiger partial charge in [-0.15, -0.1) is 5.10 Å². The first kappa shape index (κ1) is 14.5. The molecule has 21 heavy (non-hydrogen) atoms. The summed E-state index contributed by atoms with van der Waals surface area (Å²) < 4.78 is 1.41. The van der Waals surface area contributed by atoms with Gasteiger partial charge in [0.15, 0.2) is 0 Å². The van der Waals surface area contributed by atoms with E-state index in [-0.39, 0.29) is 5.56 Å². The first-order valence-electron chi connectivity index (χ1n) is 7.86. The maximum Gasteiger partial charge on any atom is 0.275 e. The molecule has 1 N–H and O–H groups in total. The molecule has 114 valence electrons. The lowest BCUT2D eigenvalue weighted by atomic mass is 9.84. The van der Waals surface area contributed by atoms with Gasteiger partial charge in [0.2, 0.25) is 10.1 Å². The minimum Gasteiger partial charge on any atom is -0.357 e. The van der Waals surface area contributed by atoms with Crippen LogP contribution in [-0.4, -0.2) is 20.6 Å². The molecule has 0 saturated heterocycles. The predicted octanol–water partition coefficient (Wildman–Crippen LogP) is 3.09.